The predicted molar refractivity (Wildman–Crippen MR) is 47.9 cm³/mol. The van der Waals surface area contributed by atoms with Crippen LogP contribution in [0.15, 0.2) is 0 Å². The van der Waals surface area contributed by atoms with Crippen molar-refractivity contribution in [1.82, 2.24) is 0 Å². The average molecular weight is 178 g/mol. The molecule has 3 heteroatoms. The molecular weight excluding hydrogens is 159 g/mol. The Morgan fingerprint density at radius 2 is 1.83 bits per heavy atom. The van der Waals surface area contributed by atoms with Gasteiger partial charge in [-0.15, -0.1) is 0 Å². The van der Waals surface area contributed by atoms with Crippen molar-refractivity contribution in [1.29, 1.82) is 0 Å². The summed E-state index contributed by atoms with van der Waals surface area (Å²) in [5.41, 5.74) is 0. The van der Waals surface area contributed by atoms with Crippen LogP contribution >= 0.6 is 0 Å². The fourth-order valence-electron chi connectivity index (χ4n) is 0.817. The number of carbonyl (C=O) groups excluding carboxylic acids is 1. The number of esters is 1. The summed E-state index contributed by atoms with van der Waals surface area (Å²) in [5.74, 6) is -0.0819. The third-order valence-corrected chi connectivity index (χ3v) is 1.55. The molecule has 0 fully saturated rings. The number of hydrogen-bond acceptors (Lipinski definition) is 2. The van der Waals surface area contributed by atoms with E-state index in [1.165, 1.54) is 19.3 Å². The summed E-state index contributed by atoms with van der Waals surface area (Å²) < 4.78 is 4.90. The van der Waals surface area contributed by atoms with Crippen molar-refractivity contribution < 1.29 is 14.2 Å². The Morgan fingerprint density at radius 3 is 2.33 bits per heavy atom. The van der Waals surface area contributed by atoms with E-state index in [0.717, 1.165) is 6.42 Å². The molecule has 0 aromatic carbocycles. The highest BCUT2D eigenvalue weighted by Gasteiger charge is 1.95. The average Bonchev–Trinajstić information content (AvgIpc) is 2.04. The lowest BCUT2D eigenvalue weighted by atomic mass is 10.2. The third kappa shape index (κ3) is 9.40. The minimum atomic E-state index is -0.0819. The van der Waals surface area contributed by atoms with Crippen LogP contribution in [0.2, 0.25) is 0 Å². The quantitative estimate of drug-likeness (QED) is 0.461. The van der Waals surface area contributed by atoms with E-state index in [-0.39, 0.29) is 10.7 Å². The summed E-state index contributed by atoms with van der Waals surface area (Å²) in [6, 6.07) is 0. The minimum absolute atomic E-state index is 0. The van der Waals surface area contributed by atoms with Crippen LogP contribution in [-0.2, 0) is 9.53 Å². The zero-order chi connectivity index (χ0) is 8.53. The first-order valence-corrected chi connectivity index (χ1v) is 4.46. The Labute approximate surface area is 73.7 Å². The van der Waals surface area contributed by atoms with Gasteiger partial charge in [0.2, 0.25) is 0 Å². The smallest absolute Gasteiger partial charge is 0.305 e. The van der Waals surface area contributed by atoms with Crippen LogP contribution in [0.1, 0.15) is 46.0 Å². The van der Waals surface area contributed by atoms with Gasteiger partial charge in [0.15, 0.2) is 0 Å². The fraction of sp³-hybridized carbons (Fsp3) is 0.889. The van der Waals surface area contributed by atoms with Gasteiger partial charge in [-0.2, -0.15) is 0 Å². The summed E-state index contributed by atoms with van der Waals surface area (Å²) in [6.45, 7) is 4.58. The molecule has 12 heavy (non-hydrogen) atoms. The second-order valence-electron chi connectivity index (χ2n) is 2.63. The van der Waals surface area contributed by atoms with Crippen molar-refractivity contribution >= 4 is 5.97 Å². The Hall–Kier alpha value is -0.600. The Balaban J connectivity index is 0. The molecule has 0 bridgehead atoms. The molecule has 0 radical (unpaired) electrons. The number of unbranched alkanes of at least 4 members (excludes halogenated alkanes) is 3. The number of rotatable bonds is 6. The Bertz CT molecular complexity index is 105. The lowest BCUT2D eigenvalue weighted by molar-refractivity contribution is -0.143. The number of halogens is 1. The van der Waals surface area contributed by atoms with Crippen molar-refractivity contribution in [2.75, 3.05) is 6.61 Å². The van der Waals surface area contributed by atoms with Gasteiger partial charge in [-0.1, -0.05) is 33.1 Å². The number of hydrogen-bond donors (Lipinski definition) is 0. The highest BCUT2D eigenvalue weighted by Crippen LogP contribution is 1.99. The lowest BCUT2D eigenvalue weighted by Gasteiger charge is -2.01. The molecule has 0 N–H and O–H groups in total. The third-order valence-electron chi connectivity index (χ3n) is 1.55. The predicted octanol–water partition coefficient (Wildman–Crippen LogP) is 2.67. The van der Waals surface area contributed by atoms with Crippen molar-refractivity contribution in [2.45, 2.75) is 46.0 Å². The van der Waals surface area contributed by atoms with Crippen LogP contribution in [0.25, 0.3) is 0 Å². The van der Waals surface area contributed by atoms with Crippen LogP contribution in [0.3, 0.4) is 0 Å². The molecular formula is C9H19FO2. The molecule has 0 rings (SSSR count). The van der Waals surface area contributed by atoms with E-state index in [1.807, 2.05) is 6.92 Å². The van der Waals surface area contributed by atoms with Crippen LogP contribution < -0.4 is 0 Å². The lowest BCUT2D eigenvalue weighted by Crippen LogP contribution is -2.03. The molecule has 0 heterocycles. The van der Waals surface area contributed by atoms with Gasteiger partial charge in [0.1, 0.15) is 0 Å². The van der Waals surface area contributed by atoms with E-state index in [2.05, 4.69) is 6.92 Å². The second-order valence-corrected chi connectivity index (χ2v) is 2.63. The molecule has 0 aliphatic rings. The monoisotopic (exact) mass is 178 g/mol. The van der Waals surface area contributed by atoms with Crippen molar-refractivity contribution in [3.8, 4) is 0 Å². The molecule has 0 unspecified atom stereocenters. The van der Waals surface area contributed by atoms with Gasteiger partial charge in [0, 0.05) is 6.42 Å². The Kier molecular flexibility index (Phi) is 12.1. The summed E-state index contributed by atoms with van der Waals surface area (Å²) in [7, 11) is 0. The van der Waals surface area contributed by atoms with E-state index in [1.54, 1.807) is 0 Å². The van der Waals surface area contributed by atoms with Crippen LogP contribution in [-0.4, -0.2) is 12.6 Å². The first-order valence-electron chi connectivity index (χ1n) is 4.46. The minimum Gasteiger partial charge on any atom is -0.466 e. The molecule has 0 aromatic heterocycles. The molecule has 0 saturated heterocycles. The molecule has 0 aliphatic carbocycles. The van der Waals surface area contributed by atoms with Gasteiger partial charge in [0.25, 0.3) is 0 Å². The SMILES string of the molecule is CCCCCCOC(=O)CC.F. The van der Waals surface area contributed by atoms with Crippen LogP contribution in [0.4, 0.5) is 4.70 Å². The number of ether oxygens (including phenoxy) is 1. The maximum atomic E-state index is 10.6. The second kappa shape index (κ2) is 10.4. The largest absolute Gasteiger partial charge is 0.466 e. The number of carbonyl (C=O) groups is 1. The van der Waals surface area contributed by atoms with E-state index in [4.69, 9.17) is 4.74 Å². The van der Waals surface area contributed by atoms with Gasteiger partial charge >= 0.3 is 5.97 Å². The van der Waals surface area contributed by atoms with E-state index >= 15 is 0 Å². The molecule has 0 aliphatic heterocycles. The van der Waals surface area contributed by atoms with E-state index in [9.17, 15) is 4.79 Å². The van der Waals surface area contributed by atoms with Gasteiger partial charge < -0.3 is 4.74 Å². The molecule has 2 nitrogen and oxygen atoms in total. The highest BCUT2D eigenvalue weighted by molar-refractivity contribution is 5.68. The maximum Gasteiger partial charge on any atom is 0.305 e. The van der Waals surface area contributed by atoms with Crippen molar-refractivity contribution in [3.63, 3.8) is 0 Å². The zero-order valence-electron chi connectivity index (χ0n) is 7.97. The molecule has 74 valence electrons. The van der Waals surface area contributed by atoms with Gasteiger partial charge in [-0.05, 0) is 6.42 Å². The van der Waals surface area contributed by atoms with E-state index in [0.29, 0.717) is 13.0 Å². The first kappa shape index (κ1) is 14.0. The van der Waals surface area contributed by atoms with Crippen LogP contribution in [0.5, 0.6) is 0 Å². The maximum absolute atomic E-state index is 10.6. The zero-order valence-corrected chi connectivity index (χ0v) is 7.97. The summed E-state index contributed by atoms with van der Waals surface area (Å²) >= 11 is 0. The molecule has 0 spiro atoms. The Morgan fingerprint density at radius 1 is 1.17 bits per heavy atom. The van der Waals surface area contributed by atoms with Crippen molar-refractivity contribution in [2.24, 2.45) is 0 Å². The summed E-state index contributed by atoms with van der Waals surface area (Å²) in [5, 5.41) is 0. The van der Waals surface area contributed by atoms with Crippen LogP contribution in [0, 0.1) is 0 Å². The topological polar surface area (TPSA) is 26.3 Å². The molecule has 0 atom stereocenters. The van der Waals surface area contributed by atoms with E-state index < -0.39 is 0 Å². The molecule has 0 saturated carbocycles. The summed E-state index contributed by atoms with van der Waals surface area (Å²) in [6.07, 6.45) is 5.15. The molecule has 0 amide bonds. The first-order chi connectivity index (χ1) is 5.31. The fourth-order valence-corrected chi connectivity index (χ4v) is 0.817. The van der Waals surface area contributed by atoms with Gasteiger partial charge in [-0.3, -0.25) is 9.50 Å². The summed E-state index contributed by atoms with van der Waals surface area (Å²) in [4.78, 5) is 10.6. The van der Waals surface area contributed by atoms with Gasteiger partial charge in [-0.25, -0.2) is 0 Å². The highest BCUT2D eigenvalue weighted by atomic mass is 19.0. The molecule has 0 aromatic rings. The van der Waals surface area contributed by atoms with Gasteiger partial charge in [0.05, 0.1) is 6.61 Å². The standard InChI is InChI=1S/C9H18O2.FH/c1-3-5-6-7-8-11-9(10)4-2;/h3-8H2,1-2H3;1H. The van der Waals surface area contributed by atoms with Crippen molar-refractivity contribution in [3.05, 3.63) is 0 Å². The normalized spacial score (nSPS) is 8.83.